The predicted octanol–water partition coefficient (Wildman–Crippen LogP) is 7.04. The summed E-state index contributed by atoms with van der Waals surface area (Å²) in [7, 11) is 0. The van der Waals surface area contributed by atoms with Crippen LogP contribution in [0.2, 0.25) is 0 Å². The fraction of sp³-hybridized carbons (Fsp3) is 0.368. The van der Waals surface area contributed by atoms with Gasteiger partial charge in [0.2, 0.25) is 0 Å². The highest BCUT2D eigenvalue weighted by atomic mass is 128. The van der Waals surface area contributed by atoms with Crippen molar-refractivity contribution in [3.63, 3.8) is 0 Å². The Morgan fingerprint density at radius 1 is 0.905 bits per heavy atom. The van der Waals surface area contributed by atoms with E-state index in [9.17, 15) is 0 Å². The van der Waals surface area contributed by atoms with Crippen LogP contribution in [0.4, 0.5) is 0 Å². The molecule has 1 aliphatic rings. The van der Waals surface area contributed by atoms with Crippen LogP contribution in [0.1, 0.15) is 54.5 Å². The van der Waals surface area contributed by atoms with Gasteiger partial charge >= 0.3 is 0 Å². The topological polar surface area (TPSA) is 0 Å². The van der Waals surface area contributed by atoms with E-state index in [0.29, 0.717) is 5.92 Å². The summed E-state index contributed by atoms with van der Waals surface area (Å²) in [6.45, 7) is 8.52. The first-order valence-electron chi connectivity index (χ1n) is 7.54. The summed E-state index contributed by atoms with van der Waals surface area (Å²) in [6.07, 6.45) is 2.27. The Morgan fingerprint density at radius 3 is 2.29 bits per heavy atom. The third-order valence-electron chi connectivity index (χ3n) is 3.85. The maximum Gasteiger partial charge on any atom is 0 e. The fourth-order valence-corrected chi connectivity index (χ4v) is 2.94. The summed E-state index contributed by atoms with van der Waals surface area (Å²) in [5.41, 5.74) is 7.45. The Kier molecular flexibility index (Phi) is 8.86. The minimum Gasteiger partial charge on any atom is -0.0683 e. The van der Waals surface area contributed by atoms with Gasteiger partial charge in [0.15, 0.2) is 0 Å². The van der Waals surface area contributed by atoms with Crippen molar-refractivity contribution in [2.75, 3.05) is 0 Å². The van der Waals surface area contributed by atoms with Crippen molar-refractivity contribution < 1.29 is 0 Å². The predicted molar refractivity (Wildman–Crippen MR) is 112 cm³/mol. The van der Waals surface area contributed by atoms with Gasteiger partial charge in [0.1, 0.15) is 0 Å². The van der Waals surface area contributed by atoms with E-state index in [2.05, 4.69) is 93.5 Å². The maximum atomic E-state index is 2.35. The molecule has 3 rings (SSSR count). The number of hydrogen-bond donors (Lipinski definition) is 0. The molecule has 0 saturated heterocycles. The first-order valence-corrected chi connectivity index (χ1v) is 13.8. The lowest BCUT2D eigenvalue weighted by molar-refractivity contribution is 0.761. The molecule has 0 heterocycles. The average molecular weight is 506 g/mol. The van der Waals surface area contributed by atoms with E-state index in [1.807, 2.05) is 13.8 Å². The van der Waals surface area contributed by atoms with Crippen molar-refractivity contribution in [1.29, 1.82) is 0 Å². The smallest absolute Gasteiger partial charge is 0 e. The number of hydrogen-bond acceptors (Lipinski definition) is 0. The lowest BCUT2D eigenvalue weighted by atomic mass is 9.93. The van der Waals surface area contributed by atoms with E-state index in [0.717, 1.165) is 6.42 Å². The average Bonchev–Trinajstić information content (AvgIpc) is 2.67. The number of rotatable bonds is 0. The molecule has 0 N–H and O–H groups in total. The highest BCUT2D eigenvalue weighted by Crippen LogP contribution is 2.31. The van der Waals surface area contributed by atoms with Crippen molar-refractivity contribution in [2.45, 2.75) is 46.5 Å². The Hall–Kier alpha value is -0.1000. The van der Waals surface area contributed by atoms with Gasteiger partial charge in [0.05, 0.1) is 0 Å². The Labute approximate surface area is 153 Å². The third-order valence-corrected chi connectivity index (χ3v) is 3.85. The number of benzene rings is 2. The van der Waals surface area contributed by atoms with Gasteiger partial charge in [0.25, 0.3) is 0 Å². The van der Waals surface area contributed by atoms with Crippen molar-refractivity contribution >= 4 is 37.2 Å². The van der Waals surface area contributed by atoms with E-state index in [1.54, 1.807) is 0 Å². The monoisotopic (exact) mass is 506 g/mol. The quantitative estimate of drug-likeness (QED) is 0.337. The number of aryl methyl sites for hydroxylation is 1. The molecule has 0 nitrogen and oxygen atoms in total. The summed E-state index contributed by atoms with van der Waals surface area (Å²) >= 11 is 4.24. The van der Waals surface area contributed by atoms with Gasteiger partial charge in [-0.25, -0.2) is 0 Å². The minimum atomic E-state index is 0.634. The van der Waals surface area contributed by atoms with Gasteiger partial charge < -0.3 is 0 Å². The summed E-state index contributed by atoms with van der Waals surface area (Å²) in [5, 5.41) is 0. The molecule has 21 heavy (non-hydrogen) atoms. The van der Waals surface area contributed by atoms with Gasteiger partial charge in [-0.05, 0) is 47.9 Å². The van der Waals surface area contributed by atoms with Crippen LogP contribution in [0.25, 0.3) is 0 Å². The van der Waals surface area contributed by atoms with Gasteiger partial charge in [-0.3, -0.25) is 0 Å². The zero-order valence-corrected chi connectivity index (χ0v) is 17.6. The van der Waals surface area contributed by atoms with Crippen molar-refractivity contribution in [1.82, 2.24) is 0 Å². The standard InChI is InChI=1S/C17H18.C2H6.I2/c1-12-7-8-14-10-13(2)17-6-4-3-5-15(17)11-16(14)9-12;2*1-2/h3-9,13H,10-11H2,1-2H3;1-2H3;. The first kappa shape index (κ1) is 18.9. The van der Waals surface area contributed by atoms with Gasteiger partial charge in [-0.15, -0.1) is 0 Å². The van der Waals surface area contributed by atoms with E-state index < -0.39 is 0 Å². The molecule has 0 aromatic heterocycles. The van der Waals surface area contributed by atoms with Crippen LogP contribution in [-0.4, -0.2) is 0 Å². The molecule has 0 radical (unpaired) electrons. The van der Waals surface area contributed by atoms with Gasteiger partial charge in [-0.1, -0.05) is 68.8 Å². The zero-order chi connectivity index (χ0) is 15.8. The second kappa shape index (κ2) is 9.82. The summed E-state index contributed by atoms with van der Waals surface area (Å²) < 4.78 is 0. The Morgan fingerprint density at radius 2 is 1.57 bits per heavy atom. The third kappa shape index (κ3) is 4.95. The molecular weight excluding hydrogens is 482 g/mol. The number of halogens is 2. The fourth-order valence-electron chi connectivity index (χ4n) is 2.94. The van der Waals surface area contributed by atoms with Crippen LogP contribution < -0.4 is 0 Å². The Balaban J connectivity index is 0.000000510. The number of fused-ring (bicyclic) bond motifs is 2. The molecule has 2 aromatic carbocycles. The van der Waals surface area contributed by atoms with Gasteiger partial charge in [-0.2, -0.15) is 0 Å². The van der Waals surface area contributed by atoms with Crippen LogP contribution in [0.3, 0.4) is 0 Å². The molecule has 114 valence electrons. The van der Waals surface area contributed by atoms with Crippen LogP contribution in [0, 0.1) is 6.92 Å². The lowest BCUT2D eigenvalue weighted by Gasteiger charge is -2.11. The normalized spacial score (nSPS) is 15.2. The molecule has 1 atom stereocenters. The molecule has 1 unspecified atom stereocenters. The van der Waals surface area contributed by atoms with Gasteiger partial charge in [0, 0.05) is 37.2 Å². The zero-order valence-electron chi connectivity index (χ0n) is 13.3. The molecule has 0 bridgehead atoms. The first-order chi connectivity index (χ1) is 10.2. The SMILES string of the molecule is CC.Cc1ccc2c(c1)Cc1ccccc1C(C)C2.II. The highest BCUT2D eigenvalue weighted by Gasteiger charge is 2.18. The molecule has 0 spiro atoms. The summed E-state index contributed by atoms with van der Waals surface area (Å²) in [5.74, 6) is 0.634. The van der Waals surface area contributed by atoms with E-state index in [-0.39, 0.29) is 0 Å². The molecule has 0 amide bonds. The lowest BCUT2D eigenvalue weighted by Crippen LogP contribution is -1.98. The Bertz CT molecular complexity index is 561. The van der Waals surface area contributed by atoms with Crippen molar-refractivity contribution in [2.24, 2.45) is 0 Å². The van der Waals surface area contributed by atoms with E-state index in [1.165, 1.54) is 34.2 Å². The molecule has 0 aliphatic heterocycles. The summed E-state index contributed by atoms with van der Waals surface area (Å²) in [4.78, 5) is 0. The molecule has 2 heteroatoms. The second-order valence-electron chi connectivity index (χ2n) is 5.25. The van der Waals surface area contributed by atoms with Crippen LogP contribution in [0.15, 0.2) is 42.5 Å². The van der Waals surface area contributed by atoms with Crippen molar-refractivity contribution in [3.8, 4) is 0 Å². The molecular formula is C19H24I2. The molecule has 0 fully saturated rings. The molecule has 1 aliphatic carbocycles. The maximum absolute atomic E-state index is 2.35. The molecule has 2 aromatic rings. The van der Waals surface area contributed by atoms with E-state index >= 15 is 0 Å². The van der Waals surface area contributed by atoms with Crippen LogP contribution in [-0.2, 0) is 12.8 Å². The minimum absolute atomic E-state index is 0.634. The largest absolute Gasteiger partial charge is 0.0683 e. The van der Waals surface area contributed by atoms with E-state index in [4.69, 9.17) is 0 Å². The second-order valence-corrected chi connectivity index (χ2v) is 5.25. The van der Waals surface area contributed by atoms with Crippen molar-refractivity contribution in [3.05, 3.63) is 70.3 Å². The molecule has 0 saturated carbocycles. The highest BCUT2D eigenvalue weighted by molar-refractivity contribution is 15.0. The van der Waals surface area contributed by atoms with Crippen LogP contribution >= 0.6 is 37.2 Å². The summed E-state index contributed by atoms with van der Waals surface area (Å²) in [6, 6.07) is 15.8. The van der Waals surface area contributed by atoms with Crippen LogP contribution in [0.5, 0.6) is 0 Å².